The van der Waals surface area contributed by atoms with Gasteiger partial charge in [-0.15, -0.1) is 0 Å². The zero-order valence-corrected chi connectivity index (χ0v) is 9.90. The molecule has 2 aromatic rings. The predicted octanol–water partition coefficient (Wildman–Crippen LogP) is 3.15. The van der Waals surface area contributed by atoms with E-state index in [9.17, 15) is 4.79 Å². The molecule has 0 fully saturated rings. The van der Waals surface area contributed by atoms with E-state index >= 15 is 0 Å². The summed E-state index contributed by atoms with van der Waals surface area (Å²) in [5.41, 5.74) is 1.06. The molecule has 0 saturated carbocycles. The van der Waals surface area contributed by atoms with Gasteiger partial charge in [0.1, 0.15) is 0 Å². The highest BCUT2D eigenvalue weighted by Gasteiger charge is 2.10. The minimum Gasteiger partial charge on any atom is -0.475 e. The van der Waals surface area contributed by atoms with Crippen LogP contribution in [0, 0.1) is 0 Å². The summed E-state index contributed by atoms with van der Waals surface area (Å²) in [7, 11) is 0. The van der Waals surface area contributed by atoms with E-state index in [2.05, 4.69) is 9.97 Å². The average Bonchev–Trinajstić information content (AvgIpc) is 2.29. The molecule has 0 saturated heterocycles. The minimum absolute atomic E-state index is 0.270. The molecule has 1 heterocycles. The van der Waals surface area contributed by atoms with Crippen molar-refractivity contribution in [2.75, 3.05) is 0 Å². The van der Waals surface area contributed by atoms with Crippen molar-refractivity contribution in [1.29, 1.82) is 0 Å². The summed E-state index contributed by atoms with van der Waals surface area (Å²) in [6, 6.07) is 6.49. The number of carbonyl (C=O) groups is 1. The number of halogens is 2. The molecule has 1 aromatic carbocycles. The molecule has 2 rings (SSSR count). The summed E-state index contributed by atoms with van der Waals surface area (Å²) in [4.78, 5) is 18.3. The molecule has 0 radical (unpaired) electrons. The Morgan fingerprint density at radius 1 is 1.24 bits per heavy atom. The van der Waals surface area contributed by atoms with Gasteiger partial charge in [-0.2, -0.15) is 0 Å². The first-order valence-corrected chi connectivity index (χ1v) is 5.35. The summed E-state index contributed by atoms with van der Waals surface area (Å²) in [6.07, 6.45) is 1.37. The number of nitrogens with zero attached hydrogens (tertiary/aromatic N) is 2. The van der Waals surface area contributed by atoms with Gasteiger partial charge in [0, 0.05) is 16.8 Å². The number of carboxylic acid groups (broad SMARTS) is 1. The van der Waals surface area contributed by atoms with Crippen LogP contribution in [0.2, 0.25) is 10.0 Å². The summed E-state index contributed by atoms with van der Waals surface area (Å²) < 4.78 is 0. The van der Waals surface area contributed by atoms with E-state index in [0.717, 1.165) is 0 Å². The quantitative estimate of drug-likeness (QED) is 0.909. The van der Waals surface area contributed by atoms with Crippen LogP contribution in [0.15, 0.2) is 30.5 Å². The molecule has 86 valence electrons. The standard InChI is InChI=1S/C11H6Cl2N2O2/c12-6-1-2-7(8(13)5-6)9-3-4-14-10(15-9)11(16)17/h1-5H,(H,16,17). The number of hydrogen-bond donors (Lipinski definition) is 1. The number of hydrogen-bond acceptors (Lipinski definition) is 3. The molecular formula is C11H6Cl2N2O2. The monoisotopic (exact) mass is 268 g/mol. The van der Waals surface area contributed by atoms with E-state index in [1.807, 2.05) is 0 Å². The van der Waals surface area contributed by atoms with Gasteiger partial charge in [0.2, 0.25) is 5.82 Å². The van der Waals surface area contributed by atoms with E-state index < -0.39 is 5.97 Å². The SMILES string of the molecule is O=C(O)c1nccc(-c2ccc(Cl)cc2Cl)n1. The Bertz CT molecular complexity index is 587. The Morgan fingerprint density at radius 3 is 2.65 bits per heavy atom. The van der Waals surface area contributed by atoms with Crippen molar-refractivity contribution < 1.29 is 9.90 Å². The third-order valence-corrected chi connectivity index (χ3v) is 2.60. The Morgan fingerprint density at radius 2 is 2.00 bits per heavy atom. The first-order chi connectivity index (χ1) is 8.08. The maximum absolute atomic E-state index is 10.7. The number of carboxylic acids is 1. The van der Waals surface area contributed by atoms with Crippen molar-refractivity contribution in [1.82, 2.24) is 9.97 Å². The number of rotatable bonds is 2. The van der Waals surface area contributed by atoms with Crippen LogP contribution < -0.4 is 0 Å². The highest BCUT2D eigenvalue weighted by molar-refractivity contribution is 6.36. The molecule has 4 nitrogen and oxygen atoms in total. The second-order valence-corrected chi connectivity index (χ2v) is 4.04. The fourth-order valence-corrected chi connectivity index (χ4v) is 1.81. The Balaban J connectivity index is 2.53. The van der Waals surface area contributed by atoms with Crippen LogP contribution in [0.3, 0.4) is 0 Å². The second kappa shape index (κ2) is 4.69. The summed E-state index contributed by atoms with van der Waals surface area (Å²) in [6.45, 7) is 0. The molecule has 0 aliphatic carbocycles. The lowest BCUT2D eigenvalue weighted by Gasteiger charge is -2.04. The second-order valence-electron chi connectivity index (χ2n) is 3.19. The van der Waals surface area contributed by atoms with Gasteiger partial charge < -0.3 is 5.11 Å². The first-order valence-electron chi connectivity index (χ1n) is 4.59. The average molecular weight is 269 g/mol. The zero-order valence-electron chi connectivity index (χ0n) is 8.39. The van der Waals surface area contributed by atoms with Crippen LogP contribution in [-0.2, 0) is 0 Å². The van der Waals surface area contributed by atoms with Crippen molar-refractivity contribution in [3.05, 3.63) is 46.3 Å². The zero-order chi connectivity index (χ0) is 12.4. The third kappa shape index (κ3) is 2.54. The molecule has 0 aliphatic rings. The highest BCUT2D eigenvalue weighted by Crippen LogP contribution is 2.28. The smallest absolute Gasteiger partial charge is 0.373 e. The largest absolute Gasteiger partial charge is 0.475 e. The maximum Gasteiger partial charge on any atom is 0.373 e. The molecule has 0 spiro atoms. The molecule has 0 unspecified atom stereocenters. The van der Waals surface area contributed by atoms with Crippen molar-refractivity contribution in [2.24, 2.45) is 0 Å². The minimum atomic E-state index is -1.18. The fourth-order valence-electron chi connectivity index (χ4n) is 1.31. The molecule has 17 heavy (non-hydrogen) atoms. The van der Waals surface area contributed by atoms with E-state index in [1.54, 1.807) is 24.3 Å². The van der Waals surface area contributed by atoms with Gasteiger partial charge in [-0.05, 0) is 24.3 Å². The topological polar surface area (TPSA) is 63.1 Å². The molecule has 1 aromatic heterocycles. The van der Waals surface area contributed by atoms with Crippen LogP contribution in [-0.4, -0.2) is 21.0 Å². The van der Waals surface area contributed by atoms with Gasteiger partial charge in [-0.25, -0.2) is 14.8 Å². The van der Waals surface area contributed by atoms with Crippen LogP contribution in [0.1, 0.15) is 10.6 Å². The van der Waals surface area contributed by atoms with Crippen LogP contribution in [0.25, 0.3) is 11.3 Å². The van der Waals surface area contributed by atoms with Crippen LogP contribution in [0.4, 0.5) is 0 Å². The molecule has 0 amide bonds. The highest BCUT2D eigenvalue weighted by atomic mass is 35.5. The van der Waals surface area contributed by atoms with Gasteiger partial charge in [0.25, 0.3) is 0 Å². The van der Waals surface area contributed by atoms with Gasteiger partial charge >= 0.3 is 5.97 Å². The van der Waals surface area contributed by atoms with Gasteiger partial charge in [0.15, 0.2) is 0 Å². The van der Waals surface area contributed by atoms with Gasteiger partial charge in [-0.1, -0.05) is 23.2 Å². The first kappa shape index (κ1) is 11.8. The van der Waals surface area contributed by atoms with Crippen molar-refractivity contribution in [3.8, 4) is 11.3 Å². The Labute approximate surface area is 107 Å². The van der Waals surface area contributed by atoms with E-state index in [0.29, 0.717) is 21.3 Å². The Hall–Kier alpha value is -1.65. The van der Waals surface area contributed by atoms with Crippen molar-refractivity contribution in [3.63, 3.8) is 0 Å². The predicted molar refractivity (Wildman–Crippen MR) is 64.4 cm³/mol. The van der Waals surface area contributed by atoms with E-state index in [4.69, 9.17) is 28.3 Å². The van der Waals surface area contributed by atoms with Crippen LogP contribution in [0.5, 0.6) is 0 Å². The van der Waals surface area contributed by atoms with Crippen molar-refractivity contribution >= 4 is 29.2 Å². The van der Waals surface area contributed by atoms with E-state index in [-0.39, 0.29) is 5.82 Å². The molecule has 1 N–H and O–H groups in total. The summed E-state index contributed by atoms with van der Waals surface area (Å²) in [5.74, 6) is -1.45. The van der Waals surface area contributed by atoms with Crippen molar-refractivity contribution in [2.45, 2.75) is 0 Å². The molecule has 0 atom stereocenters. The Kier molecular flexibility index (Phi) is 3.26. The molecular weight excluding hydrogens is 263 g/mol. The van der Waals surface area contributed by atoms with Crippen LogP contribution >= 0.6 is 23.2 Å². The lowest BCUT2D eigenvalue weighted by atomic mass is 10.1. The van der Waals surface area contributed by atoms with Gasteiger partial charge in [-0.3, -0.25) is 0 Å². The maximum atomic E-state index is 10.7. The lowest BCUT2D eigenvalue weighted by molar-refractivity contribution is 0.0683. The number of aromatic carboxylic acids is 1. The fraction of sp³-hybridized carbons (Fsp3) is 0. The summed E-state index contributed by atoms with van der Waals surface area (Å²) >= 11 is 11.8. The van der Waals surface area contributed by atoms with E-state index in [1.165, 1.54) is 6.20 Å². The lowest BCUT2D eigenvalue weighted by Crippen LogP contribution is -2.04. The molecule has 6 heteroatoms. The number of aromatic nitrogens is 2. The molecule has 0 bridgehead atoms. The normalized spacial score (nSPS) is 10.2. The summed E-state index contributed by atoms with van der Waals surface area (Å²) in [5, 5.41) is 9.71. The third-order valence-electron chi connectivity index (χ3n) is 2.05. The number of benzene rings is 1. The molecule has 0 aliphatic heterocycles. The van der Waals surface area contributed by atoms with Gasteiger partial charge in [0.05, 0.1) is 10.7 Å².